The lowest BCUT2D eigenvalue weighted by atomic mass is 9.98. The maximum Gasteiger partial charge on any atom is 0.407 e. The lowest BCUT2D eigenvalue weighted by Gasteiger charge is -2.16. The van der Waals surface area contributed by atoms with Crippen LogP contribution in [-0.4, -0.2) is 19.0 Å². The van der Waals surface area contributed by atoms with Crippen LogP contribution in [0.25, 0.3) is 11.1 Å². The molecule has 0 fully saturated rings. The molecule has 4 aromatic carbocycles. The molecule has 7 heteroatoms. The van der Waals surface area contributed by atoms with Crippen LogP contribution in [0.2, 0.25) is 5.02 Å². The standard InChI is InChI=1S/C29H21ClFNO3S/c30-25-13-14-26(31)23(28(25)36-27-12-6-1-7-18(27)16-33)15-32-29(34)35-17-24-21-10-4-2-8-19(21)20-9-3-5-11-22(20)24/h1-14,16,24H,15,17H2,(H,32,34). The quantitative estimate of drug-likeness (QED) is 0.258. The molecule has 0 radical (unpaired) electrons. The average Bonchev–Trinajstić information content (AvgIpc) is 3.23. The number of alkyl carbamates (subject to hydrolysis) is 1. The van der Waals surface area contributed by atoms with Crippen LogP contribution in [0, 0.1) is 5.82 Å². The van der Waals surface area contributed by atoms with Gasteiger partial charge in [0.1, 0.15) is 12.4 Å². The van der Waals surface area contributed by atoms with E-state index in [1.807, 2.05) is 36.4 Å². The van der Waals surface area contributed by atoms with Gasteiger partial charge in [-0.05, 0) is 40.5 Å². The fourth-order valence-electron chi connectivity index (χ4n) is 4.44. The van der Waals surface area contributed by atoms with Gasteiger partial charge in [0.2, 0.25) is 0 Å². The lowest BCUT2D eigenvalue weighted by molar-refractivity contribution is 0.112. The fourth-order valence-corrected chi connectivity index (χ4v) is 5.79. The van der Waals surface area contributed by atoms with E-state index in [0.29, 0.717) is 20.4 Å². The second-order valence-corrected chi connectivity index (χ2v) is 9.73. The summed E-state index contributed by atoms with van der Waals surface area (Å²) in [7, 11) is 0. The molecule has 1 amide bonds. The molecule has 36 heavy (non-hydrogen) atoms. The first-order valence-corrected chi connectivity index (χ1v) is 12.5. The van der Waals surface area contributed by atoms with Gasteiger partial charge in [0.05, 0.1) is 11.6 Å². The second-order valence-electron chi connectivity index (χ2n) is 8.27. The molecule has 4 aromatic rings. The van der Waals surface area contributed by atoms with Gasteiger partial charge in [0.25, 0.3) is 0 Å². The smallest absolute Gasteiger partial charge is 0.407 e. The van der Waals surface area contributed by atoms with Crippen LogP contribution in [0.5, 0.6) is 0 Å². The van der Waals surface area contributed by atoms with Gasteiger partial charge in [-0.3, -0.25) is 4.79 Å². The number of fused-ring (bicyclic) bond motifs is 3. The van der Waals surface area contributed by atoms with Crippen molar-refractivity contribution in [1.29, 1.82) is 0 Å². The molecule has 0 saturated heterocycles. The van der Waals surface area contributed by atoms with Crippen LogP contribution in [0.4, 0.5) is 9.18 Å². The maximum absolute atomic E-state index is 14.8. The van der Waals surface area contributed by atoms with E-state index in [1.165, 1.54) is 23.9 Å². The molecule has 0 spiro atoms. The molecule has 1 N–H and O–H groups in total. The molecule has 0 unspecified atom stereocenters. The molecule has 0 aromatic heterocycles. The van der Waals surface area contributed by atoms with E-state index < -0.39 is 11.9 Å². The molecule has 4 nitrogen and oxygen atoms in total. The third-order valence-corrected chi connectivity index (χ3v) is 7.86. The van der Waals surface area contributed by atoms with Gasteiger partial charge in [-0.1, -0.05) is 90.1 Å². The van der Waals surface area contributed by atoms with Crippen LogP contribution >= 0.6 is 23.4 Å². The zero-order valence-electron chi connectivity index (χ0n) is 19.0. The van der Waals surface area contributed by atoms with Gasteiger partial charge in [-0.15, -0.1) is 0 Å². The highest BCUT2D eigenvalue weighted by molar-refractivity contribution is 7.99. The van der Waals surface area contributed by atoms with Crippen molar-refractivity contribution in [3.63, 3.8) is 0 Å². The Balaban J connectivity index is 1.29. The molecule has 0 heterocycles. The monoisotopic (exact) mass is 517 g/mol. The third kappa shape index (κ3) is 4.74. The third-order valence-electron chi connectivity index (χ3n) is 6.17. The largest absolute Gasteiger partial charge is 0.449 e. The summed E-state index contributed by atoms with van der Waals surface area (Å²) in [6.07, 6.45) is 0.0879. The molecule has 0 bridgehead atoms. The zero-order chi connectivity index (χ0) is 25.1. The van der Waals surface area contributed by atoms with Crippen LogP contribution in [0.1, 0.15) is 33.0 Å². The number of amides is 1. The number of aldehydes is 1. The van der Waals surface area contributed by atoms with Crippen LogP contribution in [0.3, 0.4) is 0 Å². The van der Waals surface area contributed by atoms with Crippen LogP contribution in [0.15, 0.2) is 94.7 Å². The Bertz CT molecular complexity index is 1410. The van der Waals surface area contributed by atoms with Gasteiger partial charge >= 0.3 is 6.09 Å². The summed E-state index contributed by atoms with van der Waals surface area (Å²) in [5.41, 5.74) is 5.19. The molecule has 0 saturated carbocycles. The van der Waals surface area contributed by atoms with Crippen molar-refractivity contribution in [1.82, 2.24) is 5.32 Å². The maximum atomic E-state index is 14.8. The minimum atomic E-state index is -0.652. The predicted molar refractivity (Wildman–Crippen MR) is 139 cm³/mol. The van der Waals surface area contributed by atoms with Gasteiger partial charge in [-0.2, -0.15) is 0 Å². The van der Waals surface area contributed by atoms with Gasteiger partial charge in [-0.25, -0.2) is 9.18 Å². The SMILES string of the molecule is O=Cc1ccccc1Sc1c(Cl)ccc(F)c1CNC(=O)OCC1c2ccccc2-c2ccccc21. The first-order valence-electron chi connectivity index (χ1n) is 11.3. The number of halogens is 2. The Morgan fingerprint density at radius 2 is 1.58 bits per heavy atom. The molecular formula is C29H21ClFNO3S. The number of carbonyl (C=O) groups excluding carboxylic acids is 2. The molecule has 5 rings (SSSR count). The van der Waals surface area contributed by atoms with E-state index in [0.717, 1.165) is 28.5 Å². The number of nitrogens with one attached hydrogen (secondary N) is 1. The van der Waals surface area contributed by atoms with Crippen molar-refractivity contribution in [3.05, 3.63) is 118 Å². The minimum absolute atomic E-state index is 0.0722. The summed E-state index contributed by atoms with van der Waals surface area (Å²) < 4.78 is 20.4. The van der Waals surface area contributed by atoms with Crippen LogP contribution < -0.4 is 5.32 Å². The summed E-state index contributed by atoms with van der Waals surface area (Å²) in [6.45, 7) is 0.0425. The van der Waals surface area contributed by atoms with Crippen molar-refractivity contribution < 1.29 is 18.7 Å². The van der Waals surface area contributed by atoms with E-state index in [2.05, 4.69) is 17.4 Å². The number of hydrogen-bond acceptors (Lipinski definition) is 4. The number of rotatable bonds is 7. The molecule has 1 aliphatic rings. The van der Waals surface area contributed by atoms with E-state index in [9.17, 15) is 14.0 Å². The van der Waals surface area contributed by atoms with Crippen molar-refractivity contribution in [2.75, 3.05) is 6.61 Å². The Kier molecular flexibility index (Phi) is 7.07. The van der Waals surface area contributed by atoms with E-state index >= 15 is 0 Å². The van der Waals surface area contributed by atoms with E-state index in [-0.39, 0.29) is 24.6 Å². The normalized spacial score (nSPS) is 12.1. The summed E-state index contributed by atoms with van der Waals surface area (Å²) in [6, 6.07) is 25.9. The van der Waals surface area contributed by atoms with Crippen molar-refractivity contribution in [2.45, 2.75) is 22.3 Å². The highest BCUT2D eigenvalue weighted by Gasteiger charge is 2.29. The summed E-state index contributed by atoms with van der Waals surface area (Å²) >= 11 is 7.57. The van der Waals surface area contributed by atoms with Crippen molar-refractivity contribution in [2.24, 2.45) is 0 Å². The molecule has 0 atom stereocenters. The van der Waals surface area contributed by atoms with Crippen molar-refractivity contribution in [3.8, 4) is 11.1 Å². The first kappa shape index (κ1) is 24.1. The fraction of sp³-hybridized carbons (Fsp3) is 0.103. The predicted octanol–water partition coefficient (Wildman–Crippen LogP) is 7.48. The highest BCUT2D eigenvalue weighted by Crippen LogP contribution is 2.44. The number of benzene rings is 4. The summed E-state index contributed by atoms with van der Waals surface area (Å²) in [5.74, 6) is -0.582. The highest BCUT2D eigenvalue weighted by atomic mass is 35.5. The topological polar surface area (TPSA) is 55.4 Å². The average molecular weight is 518 g/mol. The van der Waals surface area contributed by atoms with Gasteiger partial charge < -0.3 is 10.1 Å². The number of hydrogen-bond donors (Lipinski definition) is 1. The molecule has 180 valence electrons. The number of ether oxygens (including phenoxy) is 1. The summed E-state index contributed by atoms with van der Waals surface area (Å²) in [4.78, 5) is 25.1. The second kappa shape index (κ2) is 10.6. The van der Waals surface area contributed by atoms with Gasteiger partial charge in [0.15, 0.2) is 6.29 Å². The van der Waals surface area contributed by atoms with E-state index in [1.54, 1.807) is 24.3 Å². The molecule has 0 aliphatic heterocycles. The number of carbonyl (C=O) groups is 2. The van der Waals surface area contributed by atoms with Crippen molar-refractivity contribution >= 4 is 35.7 Å². The first-order chi connectivity index (χ1) is 17.6. The summed E-state index contributed by atoms with van der Waals surface area (Å²) in [5, 5.41) is 2.98. The Morgan fingerprint density at radius 1 is 0.944 bits per heavy atom. The Hall–Kier alpha value is -3.61. The lowest BCUT2D eigenvalue weighted by Crippen LogP contribution is -2.26. The Morgan fingerprint density at radius 3 is 2.28 bits per heavy atom. The minimum Gasteiger partial charge on any atom is -0.449 e. The van der Waals surface area contributed by atoms with E-state index in [4.69, 9.17) is 16.3 Å². The zero-order valence-corrected chi connectivity index (χ0v) is 20.6. The molecular weight excluding hydrogens is 497 g/mol. The molecule has 1 aliphatic carbocycles. The Labute approximate surface area is 217 Å². The van der Waals surface area contributed by atoms with Gasteiger partial charge in [0, 0.05) is 26.8 Å². The van der Waals surface area contributed by atoms with Crippen LogP contribution in [-0.2, 0) is 11.3 Å².